The van der Waals surface area contributed by atoms with Crippen molar-refractivity contribution in [3.8, 4) is 0 Å². The van der Waals surface area contributed by atoms with Crippen LogP contribution in [0.1, 0.15) is 52.9 Å². The Balaban J connectivity index is 2.50. The van der Waals surface area contributed by atoms with E-state index >= 15 is 0 Å². The second kappa shape index (κ2) is 5.89. The molecule has 88 valence electrons. The van der Waals surface area contributed by atoms with Gasteiger partial charge in [-0.2, -0.15) is 0 Å². The lowest BCUT2D eigenvalue weighted by atomic mass is 9.69. The third-order valence-corrected chi connectivity index (χ3v) is 4.06. The summed E-state index contributed by atoms with van der Waals surface area (Å²) in [5.41, 5.74) is 0. The zero-order chi connectivity index (χ0) is 11.4. The molecule has 0 spiro atoms. The molecular formula is C13H23ClO. The summed E-state index contributed by atoms with van der Waals surface area (Å²) in [6.45, 7) is 6.93. The van der Waals surface area contributed by atoms with E-state index in [0.29, 0.717) is 6.42 Å². The molecule has 0 aromatic carbocycles. The van der Waals surface area contributed by atoms with Crippen LogP contribution in [0.4, 0.5) is 0 Å². The van der Waals surface area contributed by atoms with Crippen molar-refractivity contribution in [1.29, 1.82) is 0 Å². The zero-order valence-electron chi connectivity index (χ0n) is 10.1. The Labute approximate surface area is 98.6 Å². The van der Waals surface area contributed by atoms with Crippen LogP contribution in [0.25, 0.3) is 0 Å². The number of halogens is 1. The molecule has 0 aromatic heterocycles. The first-order valence-electron chi connectivity index (χ1n) is 6.19. The first-order chi connectivity index (χ1) is 7.00. The highest BCUT2D eigenvalue weighted by Gasteiger charge is 2.30. The maximum Gasteiger partial charge on any atom is 0.221 e. The van der Waals surface area contributed by atoms with Gasteiger partial charge in [0.2, 0.25) is 5.24 Å². The Morgan fingerprint density at radius 1 is 1.40 bits per heavy atom. The molecule has 1 fully saturated rings. The SMILES string of the molecule is CC(C)C1CC[C@@H](C)C[C@H]1CCC(=O)Cl. The van der Waals surface area contributed by atoms with Gasteiger partial charge in [-0.05, 0) is 54.5 Å². The van der Waals surface area contributed by atoms with E-state index in [0.717, 1.165) is 30.1 Å². The van der Waals surface area contributed by atoms with Gasteiger partial charge in [-0.25, -0.2) is 0 Å². The molecule has 0 aromatic rings. The molecule has 15 heavy (non-hydrogen) atoms. The average Bonchev–Trinajstić information content (AvgIpc) is 2.14. The molecule has 1 saturated carbocycles. The fourth-order valence-electron chi connectivity index (χ4n) is 3.03. The smallest absolute Gasteiger partial charge is 0.221 e. The summed E-state index contributed by atoms with van der Waals surface area (Å²) < 4.78 is 0. The minimum Gasteiger partial charge on any atom is -0.281 e. The minimum absolute atomic E-state index is 0.171. The average molecular weight is 231 g/mol. The minimum atomic E-state index is -0.171. The van der Waals surface area contributed by atoms with Gasteiger partial charge in [0.1, 0.15) is 0 Å². The lowest BCUT2D eigenvalue weighted by Gasteiger charge is -2.37. The predicted octanol–water partition coefficient (Wildman–Crippen LogP) is 4.24. The highest BCUT2D eigenvalue weighted by Crippen LogP contribution is 2.40. The van der Waals surface area contributed by atoms with E-state index in [9.17, 15) is 4.79 Å². The summed E-state index contributed by atoms with van der Waals surface area (Å²) in [6, 6.07) is 0. The lowest BCUT2D eigenvalue weighted by Crippen LogP contribution is -2.27. The maximum atomic E-state index is 10.8. The molecule has 0 N–H and O–H groups in total. The zero-order valence-corrected chi connectivity index (χ0v) is 10.9. The fraction of sp³-hybridized carbons (Fsp3) is 0.923. The predicted molar refractivity (Wildman–Crippen MR) is 64.9 cm³/mol. The molecule has 0 saturated heterocycles. The quantitative estimate of drug-likeness (QED) is 0.661. The fourth-order valence-corrected chi connectivity index (χ4v) is 3.14. The van der Waals surface area contributed by atoms with Gasteiger partial charge in [-0.15, -0.1) is 0 Å². The van der Waals surface area contributed by atoms with Crippen molar-refractivity contribution in [3.05, 3.63) is 0 Å². The number of carbonyl (C=O) groups excluding carboxylic acids is 1. The van der Waals surface area contributed by atoms with Gasteiger partial charge < -0.3 is 0 Å². The topological polar surface area (TPSA) is 17.1 Å². The van der Waals surface area contributed by atoms with Gasteiger partial charge in [-0.1, -0.05) is 27.2 Å². The van der Waals surface area contributed by atoms with Crippen LogP contribution in [0.2, 0.25) is 0 Å². The molecule has 1 rings (SSSR count). The molecule has 0 aliphatic heterocycles. The first-order valence-corrected chi connectivity index (χ1v) is 6.56. The van der Waals surface area contributed by atoms with E-state index in [-0.39, 0.29) is 5.24 Å². The third-order valence-electron chi connectivity index (χ3n) is 3.87. The molecule has 0 bridgehead atoms. The van der Waals surface area contributed by atoms with Crippen molar-refractivity contribution in [2.75, 3.05) is 0 Å². The second-order valence-electron chi connectivity index (χ2n) is 5.48. The molecule has 0 heterocycles. The molecule has 1 aliphatic carbocycles. The van der Waals surface area contributed by atoms with E-state index < -0.39 is 0 Å². The third kappa shape index (κ3) is 4.14. The van der Waals surface area contributed by atoms with E-state index in [1.165, 1.54) is 19.3 Å². The van der Waals surface area contributed by atoms with Gasteiger partial charge in [-0.3, -0.25) is 4.79 Å². The second-order valence-corrected chi connectivity index (χ2v) is 5.90. The monoisotopic (exact) mass is 230 g/mol. The molecule has 0 amide bonds. The molecule has 2 heteroatoms. The van der Waals surface area contributed by atoms with Gasteiger partial charge in [0.25, 0.3) is 0 Å². The Morgan fingerprint density at radius 2 is 2.07 bits per heavy atom. The van der Waals surface area contributed by atoms with Crippen LogP contribution >= 0.6 is 11.6 Å². The van der Waals surface area contributed by atoms with Crippen molar-refractivity contribution in [3.63, 3.8) is 0 Å². The number of hydrogen-bond acceptors (Lipinski definition) is 1. The Bertz CT molecular complexity index is 213. The standard InChI is InChI=1S/C13H23ClO/c1-9(2)12-6-4-10(3)8-11(12)5-7-13(14)15/h9-12H,4-8H2,1-3H3/t10-,11-,12?/m1/s1. The van der Waals surface area contributed by atoms with Crippen molar-refractivity contribution in [1.82, 2.24) is 0 Å². The largest absolute Gasteiger partial charge is 0.281 e. The molecular weight excluding hydrogens is 208 g/mol. The van der Waals surface area contributed by atoms with Crippen LogP contribution in [0, 0.1) is 23.7 Å². The number of rotatable bonds is 4. The van der Waals surface area contributed by atoms with Gasteiger partial charge in [0, 0.05) is 6.42 Å². The summed E-state index contributed by atoms with van der Waals surface area (Å²) in [6.07, 6.45) is 5.53. The van der Waals surface area contributed by atoms with Crippen LogP contribution in [0.15, 0.2) is 0 Å². The molecule has 0 radical (unpaired) electrons. The van der Waals surface area contributed by atoms with Crippen LogP contribution in [-0.4, -0.2) is 5.24 Å². The normalized spacial score (nSPS) is 31.9. The molecule has 1 aliphatic rings. The van der Waals surface area contributed by atoms with E-state index in [4.69, 9.17) is 11.6 Å². The van der Waals surface area contributed by atoms with E-state index in [1.807, 2.05) is 0 Å². The molecule has 1 nitrogen and oxygen atoms in total. The van der Waals surface area contributed by atoms with E-state index in [1.54, 1.807) is 0 Å². The van der Waals surface area contributed by atoms with Crippen molar-refractivity contribution in [2.24, 2.45) is 23.7 Å². The van der Waals surface area contributed by atoms with Crippen molar-refractivity contribution in [2.45, 2.75) is 52.9 Å². The summed E-state index contributed by atoms with van der Waals surface area (Å²) in [5.74, 6) is 3.09. The van der Waals surface area contributed by atoms with Crippen molar-refractivity contribution >= 4 is 16.8 Å². The molecule has 3 atom stereocenters. The summed E-state index contributed by atoms with van der Waals surface area (Å²) in [5, 5.41) is -0.171. The van der Waals surface area contributed by atoms with Crippen LogP contribution in [-0.2, 0) is 4.79 Å². The Hall–Kier alpha value is -0.0400. The lowest BCUT2D eigenvalue weighted by molar-refractivity contribution is -0.112. The number of carbonyl (C=O) groups is 1. The van der Waals surface area contributed by atoms with Crippen LogP contribution < -0.4 is 0 Å². The van der Waals surface area contributed by atoms with Crippen LogP contribution in [0.5, 0.6) is 0 Å². The number of hydrogen-bond donors (Lipinski definition) is 0. The summed E-state index contributed by atoms with van der Waals surface area (Å²) >= 11 is 5.42. The summed E-state index contributed by atoms with van der Waals surface area (Å²) in [7, 11) is 0. The Morgan fingerprint density at radius 3 is 2.60 bits per heavy atom. The summed E-state index contributed by atoms with van der Waals surface area (Å²) in [4.78, 5) is 10.8. The van der Waals surface area contributed by atoms with Gasteiger partial charge in [0.15, 0.2) is 0 Å². The van der Waals surface area contributed by atoms with Crippen LogP contribution in [0.3, 0.4) is 0 Å². The highest BCUT2D eigenvalue weighted by atomic mass is 35.5. The maximum absolute atomic E-state index is 10.8. The highest BCUT2D eigenvalue weighted by molar-refractivity contribution is 6.63. The molecule has 1 unspecified atom stereocenters. The Kier molecular flexibility index (Phi) is 5.11. The van der Waals surface area contributed by atoms with Gasteiger partial charge in [0.05, 0.1) is 0 Å². The first kappa shape index (κ1) is 13.0. The van der Waals surface area contributed by atoms with Gasteiger partial charge >= 0.3 is 0 Å². The van der Waals surface area contributed by atoms with Crippen molar-refractivity contribution < 1.29 is 4.79 Å². The van der Waals surface area contributed by atoms with E-state index in [2.05, 4.69) is 20.8 Å².